The topological polar surface area (TPSA) is 81.7 Å². The molecule has 0 saturated carbocycles. The Morgan fingerprint density at radius 2 is 2.05 bits per heavy atom. The van der Waals surface area contributed by atoms with Crippen LogP contribution in [0.15, 0.2) is 0 Å². The molecule has 0 spiro atoms. The van der Waals surface area contributed by atoms with Crippen molar-refractivity contribution < 1.29 is 22.7 Å². The van der Waals surface area contributed by atoms with Gasteiger partial charge in [-0.25, -0.2) is 8.42 Å². The first-order valence-corrected chi connectivity index (χ1v) is 8.54. The molecule has 2 rings (SSSR count). The summed E-state index contributed by atoms with van der Waals surface area (Å²) in [7, 11) is -3.00. The number of carbonyl (C=O) groups is 1. The van der Waals surface area contributed by atoms with Gasteiger partial charge in [0.2, 0.25) is 0 Å². The fourth-order valence-corrected chi connectivity index (χ4v) is 3.83. The van der Waals surface area contributed by atoms with Crippen molar-refractivity contribution >= 4 is 15.8 Å². The van der Waals surface area contributed by atoms with Crippen molar-refractivity contribution in [1.29, 1.82) is 0 Å². The zero-order valence-corrected chi connectivity index (χ0v) is 11.8. The quantitative estimate of drug-likeness (QED) is 0.718. The number of rotatable bonds is 4. The number of sulfone groups is 1. The van der Waals surface area contributed by atoms with Gasteiger partial charge >= 0.3 is 5.97 Å². The van der Waals surface area contributed by atoms with Crippen LogP contribution in [0.2, 0.25) is 0 Å². The van der Waals surface area contributed by atoms with Crippen molar-refractivity contribution in [3.05, 3.63) is 0 Å². The smallest absolute Gasteiger partial charge is 0.307 e. The molecule has 110 valence electrons. The Kier molecular flexibility index (Phi) is 5.18. The van der Waals surface area contributed by atoms with Crippen LogP contribution in [0, 0.1) is 5.92 Å². The van der Waals surface area contributed by atoms with Crippen molar-refractivity contribution in [2.24, 2.45) is 5.92 Å². The van der Waals surface area contributed by atoms with Crippen molar-refractivity contribution in [2.75, 3.05) is 37.9 Å². The summed E-state index contributed by atoms with van der Waals surface area (Å²) in [6.45, 7) is 2.29. The molecule has 2 saturated heterocycles. The summed E-state index contributed by atoms with van der Waals surface area (Å²) in [4.78, 5) is 11.7. The van der Waals surface area contributed by atoms with E-state index in [2.05, 4.69) is 5.32 Å². The van der Waals surface area contributed by atoms with Gasteiger partial charge in [-0.2, -0.15) is 0 Å². The number of esters is 1. The van der Waals surface area contributed by atoms with Crippen LogP contribution in [0.4, 0.5) is 0 Å². The minimum atomic E-state index is -3.00. The molecule has 0 aromatic rings. The maximum Gasteiger partial charge on any atom is 0.307 e. The molecule has 1 atom stereocenters. The van der Waals surface area contributed by atoms with E-state index < -0.39 is 9.84 Å². The maximum atomic E-state index is 11.7. The Morgan fingerprint density at radius 3 is 2.74 bits per heavy atom. The molecular formula is C12H21NO5S. The highest BCUT2D eigenvalue weighted by atomic mass is 32.2. The van der Waals surface area contributed by atoms with Crippen LogP contribution in [-0.4, -0.2) is 58.3 Å². The molecular weight excluding hydrogens is 270 g/mol. The van der Waals surface area contributed by atoms with E-state index in [0.717, 1.165) is 26.1 Å². The first kappa shape index (κ1) is 14.7. The molecule has 2 fully saturated rings. The van der Waals surface area contributed by atoms with Crippen LogP contribution in [-0.2, 0) is 24.1 Å². The zero-order chi connectivity index (χ0) is 13.7. The summed E-state index contributed by atoms with van der Waals surface area (Å²) in [6, 6.07) is -0.305. The van der Waals surface area contributed by atoms with E-state index in [1.54, 1.807) is 0 Å². The third-order valence-corrected chi connectivity index (χ3v) is 5.27. The van der Waals surface area contributed by atoms with Crippen molar-refractivity contribution in [3.63, 3.8) is 0 Å². The third-order valence-electron chi connectivity index (χ3n) is 3.54. The number of nitrogens with one attached hydrogen (secondary N) is 1. The first-order valence-electron chi connectivity index (χ1n) is 6.72. The maximum absolute atomic E-state index is 11.7. The van der Waals surface area contributed by atoms with Crippen molar-refractivity contribution in [3.8, 4) is 0 Å². The molecule has 0 aromatic heterocycles. The number of ether oxygens (including phenoxy) is 2. The Bertz CT molecular complexity index is 402. The van der Waals surface area contributed by atoms with Gasteiger partial charge < -0.3 is 14.8 Å². The Morgan fingerprint density at radius 1 is 1.32 bits per heavy atom. The predicted octanol–water partition coefficient (Wildman–Crippen LogP) is -0.267. The number of hydrogen-bond acceptors (Lipinski definition) is 6. The van der Waals surface area contributed by atoms with Gasteiger partial charge in [0.15, 0.2) is 9.84 Å². The minimum Gasteiger partial charge on any atom is -0.465 e. The molecule has 0 bridgehead atoms. The van der Waals surface area contributed by atoms with Crippen LogP contribution < -0.4 is 5.32 Å². The van der Waals surface area contributed by atoms with Gasteiger partial charge in [-0.05, 0) is 18.8 Å². The molecule has 2 heterocycles. The second-order valence-electron chi connectivity index (χ2n) is 5.21. The molecule has 2 aliphatic rings. The van der Waals surface area contributed by atoms with E-state index in [9.17, 15) is 13.2 Å². The van der Waals surface area contributed by atoms with E-state index >= 15 is 0 Å². The van der Waals surface area contributed by atoms with Crippen molar-refractivity contribution in [1.82, 2.24) is 5.32 Å². The fraction of sp³-hybridized carbons (Fsp3) is 0.917. The number of carbonyl (C=O) groups excluding carboxylic acids is 1. The van der Waals surface area contributed by atoms with E-state index in [4.69, 9.17) is 9.47 Å². The molecule has 6 nitrogen and oxygen atoms in total. The van der Waals surface area contributed by atoms with Crippen LogP contribution in [0.1, 0.15) is 19.3 Å². The molecule has 0 aromatic carbocycles. The Labute approximate surface area is 113 Å². The Balaban J connectivity index is 1.69. The Hall–Kier alpha value is -0.660. The van der Waals surface area contributed by atoms with Crippen LogP contribution in [0.25, 0.3) is 0 Å². The van der Waals surface area contributed by atoms with Gasteiger partial charge in [-0.15, -0.1) is 0 Å². The fourth-order valence-electron chi connectivity index (χ4n) is 2.38. The minimum absolute atomic E-state index is 0.0272. The van der Waals surface area contributed by atoms with E-state index in [1.165, 1.54) is 0 Å². The van der Waals surface area contributed by atoms with Crippen LogP contribution in [0.3, 0.4) is 0 Å². The van der Waals surface area contributed by atoms with Gasteiger partial charge in [-0.3, -0.25) is 4.79 Å². The van der Waals surface area contributed by atoms with Crippen molar-refractivity contribution in [2.45, 2.75) is 25.3 Å². The highest BCUT2D eigenvalue weighted by Gasteiger charge is 2.26. The van der Waals surface area contributed by atoms with Gasteiger partial charge in [0, 0.05) is 25.8 Å². The molecule has 0 aliphatic carbocycles. The van der Waals surface area contributed by atoms with Crippen LogP contribution >= 0.6 is 0 Å². The first-order chi connectivity index (χ1) is 9.05. The van der Waals surface area contributed by atoms with E-state index in [0.29, 0.717) is 19.1 Å². The summed E-state index contributed by atoms with van der Waals surface area (Å²) in [5.41, 5.74) is 0. The molecule has 0 radical (unpaired) electrons. The monoisotopic (exact) mass is 291 g/mol. The lowest BCUT2D eigenvalue weighted by Crippen LogP contribution is -2.46. The van der Waals surface area contributed by atoms with Crippen LogP contribution in [0.5, 0.6) is 0 Å². The second kappa shape index (κ2) is 6.67. The summed E-state index contributed by atoms with van der Waals surface area (Å²) < 4.78 is 33.3. The average molecular weight is 291 g/mol. The highest BCUT2D eigenvalue weighted by Crippen LogP contribution is 2.15. The largest absolute Gasteiger partial charge is 0.465 e. The van der Waals surface area contributed by atoms with Gasteiger partial charge in [0.05, 0.1) is 24.5 Å². The summed E-state index contributed by atoms with van der Waals surface area (Å²) in [6.07, 6.45) is 1.97. The third kappa shape index (κ3) is 5.08. The average Bonchev–Trinajstić information content (AvgIpc) is 2.36. The molecule has 2 aliphatic heterocycles. The second-order valence-corrected chi connectivity index (χ2v) is 7.44. The predicted molar refractivity (Wildman–Crippen MR) is 69.6 cm³/mol. The molecule has 1 unspecified atom stereocenters. The lowest BCUT2D eigenvalue weighted by atomic mass is 10.0. The van der Waals surface area contributed by atoms with Gasteiger partial charge in [0.1, 0.15) is 0 Å². The highest BCUT2D eigenvalue weighted by molar-refractivity contribution is 7.91. The molecule has 1 N–H and O–H groups in total. The lowest BCUT2D eigenvalue weighted by molar-refractivity contribution is -0.146. The summed E-state index contributed by atoms with van der Waals surface area (Å²) in [5, 5.41) is 3.04. The summed E-state index contributed by atoms with van der Waals surface area (Å²) in [5.74, 6) is 0.238. The molecule has 7 heteroatoms. The normalized spacial score (nSPS) is 27.9. The van der Waals surface area contributed by atoms with Gasteiger partial charge in [-0.1, -0.05) is 0 Å². The van der Waals surface area contributed by atoms with E-state index in [-0.39, 0.29) is 29.9 Å². The zero-order valence-electron chi connectivity index (χ0n) is 11.0. The SMILES string of the molecule is O=C(CC1CS(=O)(=O)CCN1)OCC1CCOCC1. The summed E-state index contributed by atoms with van der Waals surface area (Å²) >= 11 is 0. The molecule has 0 amide bonds. The standard InChI is InChI=1S/C12H21NO5S/c14-12(18-8-10-1-4-17-5-2-10)7-11-9-19(15,16)6-3-13-11/h10-11,13H,1-9H2. The lowest BCUT2D eigenvalue weighted by Gasteiger charge is -2.24. The number of hydrogen-bond donors (Lipinski definition) is 1. The molecule has 19 heavy (non-hydrogen) atoms. The van der Waals surface area contributed by atoms with E-state index in [1.807, 2.05) is 0 Å². The van der Waals surface area contributed by atoms with Gasteiger partial charge in [0.25, 0.3) is 0 Å².